The van der Waals surface area contributed by atoms with E-state index in [0.717, 1.165) is 76.5 Å². The number of rotatable bonds is 2. The summed E-state index contributed by atoms with van der Waals surface area (Å²) in [4.78, 5) is 27.1. The summed E-state index contributed by atoms with van der Waals surface area (Å²) in [6.07, 6.45) is 5.23. The Morgan fingerprint density at radius 1 is 1.04 bits per heavy atom. The van der Waals surface area contributed by atoms with Crippen molar-refractivity contribution in [2.24, 2.45) is 5.41 Å². The SMILES string of the molecule is CC(=O)N1CC(O)CC2(CCN(c3cc(N4CCC(O)CC4)ncn3)CC2)C1. The molecule has 1 aromatic rings. The van der Waals surface area contributed by atoms with Crippen molar-refractivity contribution in [3.63, 3.8) is 0 Å². The fraction of sp³-hybridized carbons (Fsp3) is 0.750. The van der Waals surface area contributed by atoms with Crippen LogP contribution in [0.25, 0.3) is 0 Å². The molecule has 28 heavy (non-hydrogen) atoms. The van der Waals surface area contributed by atoms with E-state index in [0.29, 0.717) is 6.54 Å². The number of aromatic nitrogens is 2. The molecule has 3 aliphatic rings. The molecule has 0 saturated carbocycles. The first kappa shape index (κ1) is 19.4. The van der Waals surface area contributed by atoms with Crippen LogP contribution in [0.4, 0.5) is 11.6 Å². The number of aliphatic hydroxyl groups is 2. The summed E-state index contributed by atoms with van der Waals surface area (Å²) in [5, 5.41) is 20.0. The van der Waals surface area contributed by atoms with Gasteiger partial charge in [0.1, 0.15) is 18.0 Å². The molecule has 0 aromatic carbocycles. The Bertz CT molecular complexity index is 699. The summed E-state index contributed by atoms with van der Waals surface area (Å²) in [7, 11) is 0. The second kappa shape index (κ2) is 7.83. The van der Waals surface area contributed by atoms with Crippen LogP contribution < -0.4 is 9.80 Å². The van der Waals surface area contributed by atoms with Crippen molar-refractivity contribution in [2.45, 2.75) is 51.2 Å². The number of carbonyl (C=O) groups is 1. The molecule has 4 rings (SSSR count). The first-order valence-corrected chi connectivity index (χ1v) is 10.4. The number of hydrogen-bond acceptors (Lipinski definition) is 7. The highest BCUT2D eigenvalue weighted by Gasteiger charge is 2.42. The van der Waals surface area contributed by atoms with Crippen LogP contribution in [-0.2, 0) is 4.79 Å². The van der Waals surface area contributed by atoms with E-state index in [1.54, 1.807) is 18.2 Å². The summed E-state index contributed by atoms with van der Waals surface area (Å²) in [5.41, 5.74) is 0.0126. The van der Waals surface area contributed by atoms with Gasteiger partial charge in [-0.2, -0.15) is 0 Å². The minimum absolute atomic E-state index is 0.0126. The molecule has 8 nitrogen and oxygen atoms in total. The molecule has 3 fully saturated rings. The zero-order valence-electron chi connectivity index (χ0n) is 16.6. The Morgan fingerprint density at radius 3 is 2.25 bits per heavy atom. The van der Waals surface area contributed by atoms with E-state index in [2.05, 4.69) is 19.8 Å². The first-order chi connectivity index (χ1) is 13.4. The maximum Gasteiger partial charge on any atom is 0.219 e. The molecule has 0 aliphatic carbocycles. The molecular weight excluding hydrogens is 358 g/mol. The largest absolute Gasteiger partial charge is 0.393 e. The van der Waals surface area contributed by atoms with Crippen molar-refractivity contribution < 1.29 is 15.0 Å². The van der Waals surface area contributed by atoms with E-state index in [1.165, 1.54) is 0 Å². The third-order valence-corrected chi connectivity index (χ3v) is 6.65. The van der Waals surface area contributed by atoms with E-state index in [-0.39, 0.29) is 17.4 Å². The number of carbonyl (C=O) groups excluding carboxylic acids is 1. The summed E-state index contributed by atoms with van der Waals surface area (Å²) >= 11 is 0. The van der Waals surface area contributed by atoms with Crippen molar-refractivity contribution in [1.29, 1.82) is 0 Å². The molecule has 3 saturated heterocycles. The summed E-state index contributed by atoms with van der Waals surface area (Å²) in [5.74, 6) is 1.91. The highest BCUT2D eigenvalue weighted by atomic mass is 16.3. The lowest BCUT2D eigenvalue weighted by Gasteiger charge is -2.49. The number of piperidine rings is 3. The van der Waals surface area contributed by atoms with Crippen molar-refractivity contribution in [3.05, 3.63) is 12.4 Å². The topological polar surface area (TPSA) is 93.0 Å². The molecule has 1 unspecified atom stereocenters. The van der Waals surface area contributed by atoms with Crippen LogP contribution in [0.5, 0.6) is 0 Å². The highest BCUT2D eigenvalue weighted by Crippen LogP contribution is 2.41. The Labute approximate surface area is 166 Å². The van der Waals surface area contributed by atoms with Gasteiger partial charge < -0.3 is 24.9 Å². The van der Waals surface area contributed by atoms with Gasteiger partial charge >= 0.3 is 0 Å². The van der Waals surface area contributed by atoms with Crippen LogP contribution >= 0.6 is 0 Å². The molecule has 154 valence electrons. The van der Waals surface area contributed by atoms with Crippen LogP contribution in [0.15, 0.2) is 12.4 Å². The second-order valence-corrected chi connectivity index (χ2v) is 8.70. The first-order valence-electron chi connectivity index (χ1n) is 10.4. The van der Waals surface area contributed by atoms with Gasteiger partial charge in [0.05, 0.1) is 12.2 Å². The van der Waals surface area contributed by atoms with Crippen molar-refractivity contribution in [2.75, 3.05) is 49.1 Å². The minimum Gasteiger partial charge on any atom is -0.393 e. The quantitative estimate of drug-likeness (QED) is 0.767. The normalized spacial score (nSPS) is 26.0. The van der Waals surface area contributed by atoms with Gasteiger partial charge in [0.25, 0.3) is 0 Å². The standard InChI is InChI=1S/C20H31N5O3/c1-15(26)25-12-17(28)11-20(13-25)4-8-24(9-5-20)19-10-18(21-14-22-19)23-6-2-16(27)3-7-23/h10,14,16-17,27-28H,2-9,11-13H2,1H3. The van der Waals surface area contributed by atoms with Crippen LogP contribution in [-0.4, -0.2) is 82.5 Å². The van der Waals surface area contributed by atoms with E-state index < -0.39 is 6.10 Å². The number of hydrogen-bond donors (Lipinski definition) is 2. The highest BCUT2D eigenvalue weighted by molar-refractivity contribution is 5.73. The minimum atomic E-state index is -0.427. The van der Waals surface area contributed by atoms with Gasteiger partial charge in [-0.15, -0.1) is 0 Å². The predicted octanol–water partition coefficient (Wildman–Crippen LogP) is 0.637. The van der Waals surface area contributed by atoms with Gasteiger partial charge in [-0.05, 0) is 37.5 Å². The maximum atomic E-state index is 11.8. The lowest BCUT2D eigenvalue weighted by molar-refractivity contribution is -0.137. The third kappa shape index (κ3) is 4.07. The monoisotopic (exact) mass is 389 g/mol. The van der Waals surface area contributed by atoms with E-state index in [1.807, 2.05) is 6.07 Å². The third-order valence-electron chi connectivity index (χ3n) is 6.65. The lowest BCUT2D eigenvalue weighted by Crippen LogP contribution is -2.55. The van der Waals surface area contributed by atoms with Crippen LogP contribution in [0.2, 0.25) is 0 Å². The fourth-order valence-electron chi connectivity index (χ4n) is 4.94. The Kier molecular flexibility index (Phi) is 5.42. The van der Waals surface area contributed by atoms with Crippen molar-refractivity contribution >= 4 is 17.5 Å². The van der Waals surface area contributed by atoms with Crippen LogP contribution in [0, 0.1) is 5.41 Å². The number of amides is 1. The van der Waals surface area contributed by atoms with Crippen molar-refractivity contribution in [1.82, 2.24) is 14.9 Å². The molecule has 1 amide bonds. The molecule has 4 heterocycles. The summed E-state index contributed by atoms with van der Waals surface area (Å²) < 4.78 is 0. The molecule has 1 aromatic heterocycles. The van der Waals surface area contributed by atoms with Gasteiger partial charge in [0.15, 0.2) is 0 Å². The van der Waals surface area contributed by atoms with Gasteiger partial charge in [-0.25, -0.2) is 9.97 Å². The lowest BCUT2D eigenvalue weighted by atomic mass is 9.71. The van der Waals surface area contributed by atoms with Crippen molar-refractivity contribution in [3.8, 4) is 0 Å². The Hall–Kier alpha value is -1.93. The molecule has 2 N–H and O–H groups in total. The molecule has 3 aliphatic heterocycles. The van der Waals surface area contributed by atoms with E-state index in [9.17, 15) is 15.0 Å². The molecule has 0 bridgehead atoms. The summed E-state index contributed by atoms with van der Waals surface area (Å²) in [6.45, 7) is 6.17. The molecule has 1 spiro atoms. The Morgan fingerprint density at radius 2 is 1.64 bits per heavy atom. The van der Waals surface area contributed by atoms with Gasteiger partial charge in [-0.1, -0.05) is 0 Å². The molecular formula is C20H31N5O3. The van der Waals surface area contributed by atoms with E-state index in [4.69, 9.17) is 0 Å². The van der Waals surface area contributed by atoms with Crippen LogP contribution in [0.1, 0.15) is 39.0 Å². The zero-order chi connectivity index (χ0) is 19.7. The van der Waals surface area contributed by atoms with Crippen LogP contribution in [0.3, 0.4) is 0 Å². The average Bonchev–Trinajstić information content (AvgIpc) is 2.68. The van der Waals surface area contributed by atoms with Gasteiger partial charge in [0, 0.05) is 52.3 Å². The zero-order valence-corrected chi connectivity index (χ0v) is 16.6. The number of likely N-dealkylation sites (tertiary alicyclic amines) is 1. The molecule has 1 atom stereocenters. The van der Waals surface area contributed by atoms with Gasteiger partial charge in [0.2, 0.25) is 5.91 Å². The average molecular weight is 390 g/mol. The molecule has 8 heteroatoms. The fourth-order valence-corrected chi connectivity index (χ4v) is 4.94. The number of β-amino-alcohol motifs (C(OH)–C–C–N with tert-alkyl or cyclic N) is 1. The second-order valence-electron chi connectivity index (χ2n) is 8.70. The smallest absolute Gasteiger partial charge is 0.219 e. The number of anilines is 2. The summed E-state index contributed by atoms with van der Waals surface area (Å²) in [6, 6.07) is 2.05. The Balaban J connectivity index is 1.41. The van der Waals surface area contributed by atoms with Gasteiger partial charge in [-0.3, -0.25) is 4.79 Å². The molecule has 0 radical (unpaired) electrons. The number of aliphatic hydroxyl groups excluding tert-OH is 2. The number of nitrogens with zero attached hydrogens (tertiary/aromatic N) is 5. The van der Waals surface area contributed by atoms with E-state index >= 15 is 0 Å². The maximum absolute atomic E-state index is 11.8. The predicted molar refractivity (Wildman–Crippen MR) is 106 cm³/mol.